The first-order chi connectivity index (χ1) is 10.2. The Morgan fingerprint density at radius 3 is 2.95 bits per heavy atom. The molecule has 0 spiro atoms. The molecule has 1 N–H and O–H groups in total. The monoisotopic (exact) mass is 289 g/mol. The van der Waals surface area contributed by atoms with Crippen LogP contribution in [0.2, 0.25) is 0 Å². The summed E-state index contributed by atoms with van der Waals surface area (Å²) in [6.45, 7) is 9.96. The Hall–Kier alpha value is -1.09. The van der Waals surface area contributed by atoms with Gasteiger partial charge in [0.1, 0.15) is 5.82 Å². The number of hydrogen-bond acceptors (Lipinski definition) is 3. The van der Waals surface area contributed by atoms with Crippen LogP contribution in [0.25, 0.3) is 0 Å². The van der Waals surface area contributed by atoms with Gasteiger partial charge in [-0.2, -0.15) is 0 Å². The molecule has 0 saturated carbocycles. The molecule has 0 radical (unpaired) electrons. The molecule has 1 aromatic rings. The van der Waals surface area contributed by atoms with Gasteiger partial charge in [-0.3, -0.25) is 0 Å². The molecule has 118 valence electrons. The van der Waals surface area contributed by atoms with Gasteiger partial charge >= 0.3 is 0 Å². The Morgan fingerprint density at radius 2 is 2.19 bits per heavy atom. The highest BCUT2D eigenvalue weighted by atomic mass is 15.2. The number of nitrogens with zero attached hydrogens (tertiary/aromatic N) is 2. The smallest absolute Gasteiger partial charge is 0.129 e. The molecule has 1 unspecified atom stereocenters. The van der Waals surface area contributed by atoms with Crippen LogP contribution in [0.1, 0.15) is 58.4 Å². The van der Waals surface area contributed by atoms with E-state index in [4.69, 9.17) is 0 Å². The van der Waals surface area contributed by atoms with Gasteiger partial charge in [0.25, 0.3) is 0 Å². The van der Waals surface area contributed by atoms with E-state index in [0.717, 1.165) is 19.6 Å². The van der Waals surface area contributed by atoms with E-state index in [2.05, 4.69) is 48.1 Å². The molecule has 21 heavy (non-hydrogen) atoms. The molecule has 0 aliphatic carbocycles. The van der Waals surface area contributed by atoms with Crippen molar-refractivity contribution in [2.45, 2.75) is 65.5 Å². The van der Waals surface area contributed by atoms with Crippen LogP contribution in [0.5, 0.6) is 0 Å². The van der Waals surface area contributed by atoms with Crippen LogP contribution < -0.4 is 10.2 Å². The van der Waals surface area contributed by atoms with Crippen LogP contribution in [0.15, 0.2) is 18.3 Å². The van der Waals surface area contributed by atoms with Gasteiger partial charge in [0.05, 0.1) is 0 Å². The Balaban J connectivity index is 2.04. The second-order valence-electron chi connectivity index (χ2n) is 6.65. The first-order valence-corrected chi connectivity index (χ1v) is 8.63. The van der Waals surface area contributed by atoms with Crippen LogP contribution in [0.4, 0.5) is 5.82 Å². The number of nitrogens with one attached hydrogen (secondary N) is 1. The predicted octanol–water partition coefficient (Wildman–Crippen LogP) is 3.99. The van der Waals surface area contributed by atoms with Crippen molar-refractivity contribution in [2.75, 3.05) is 18.0 Å². The van der Waals surface area contributed by atoms with Crippen LogP contribution in [-0.4, -0.2) is 24.1 Å². The first kappa shape index (κ1) is 16.3. The largest absolute Gasteiger partial charge is 0.354 e. The van der Waals surface area contributed by atoms with Crippen LogP contribution >= 0.6 is 0 Å². The van der Waals surface area contributed by atoms with Crippen molar-refractivity contribution >= 4 is 5.82 Å². The van der Waals surface area contributed by atoms with Crippen molar-refractivity contribution in [1.29, 1.82) is 0 Å². The fourth-order valence-electron chi connectivity index (χ4n) is 3.14. The Labute approximate surface area is 130 Å². The van der Waals surface area contributed by atoms with Crippen molar-refractivity contribution in [3.63, 3.8) is 0 Å². The summed E-state index contributed by atoms with van der Waals surface area (Å²) >= 11 is 0. The molecule has 2 heterocycles. The first-order valence-electron chi connectivity index (χ1n) is 8.63. The summed E-state index contributed by atoms with van der Waals surface area (Å²) in [5.74, 6) is 1.87. The topological polar surface area (TPSA) is 28.2 Å². The number of rotatable bonds is 6. The SMILES string of the molecule is CCC1CCCCCN1c1cc(CNCC(C)C)ccn1. The van der Waals surface area contributed by atoms with E-state index in [0.29, 0.717) is 12.0 Å². The fourth-order valence-corrected chi connectivity index (χ4v) is 3.14. The van der Waals surface area contributed by atoms with Gasteiger partial charge in [0.15, 0.2) is 0 Å². The minimum Gasteiger partial charge on any atom is -0.354 e. The fraction of sp³-hybridized carbons (Fsp3) is 0.722. The molecule has 0 aromatic carbocycles. The summed E-state index contributed by atoms with van der Waals surface area (Å²) in [5, 5.41) is 3.52. The van der Waals surface area contributed by atoms with E-state index < -0.39 is 0 Å². The van der Waals surface area contributed by atoms with Crippen molar-refractivity contribution in [3.05, 3.63) is 23.9 Å². The zero-order chi connectivity index (χ0) is 15.1. The highest BCUT2D eigenvalue weighted by Gasteiger charge is 2.20. The molecule has 1 aliphatic rings. The van der Waals surface area contributed by atoms with Gasteiger partial charge in [-0.25, -0.2) is 4.98 Å². The van der Waals surface area contributed by atoms with E-state index in [1.165, 1.54) is 43.5 Å². The molecular weight excluding hydrogens is 258 g/mol. The van der Waals surface area contributed by atoms with Crippen molar-refractivity contribution in [2.24, 2.45) is 5.92 Å². The summed E-state index contributed by atoms with van der Waals surface area (Å²) < 4.78 is 0. The average molecular weight is 289 g/mol. The molecule has 1 aromatic heterocycles. The summed E-state index contributed by atoms with van der Waals surface area (Å²) in [4.78, 5) is 7.18. The second-order valence-corrected chi connectivity index (χ2v) is 6.65. The lowest BCUT2D eigenvalue weighted by Gasteiger charge is -2.30. The number of hydrogen-bond donors (Lipinski definition) is 1. The third-order valence-corrected chi connectivity index (χ3v) is 4.33. The quantitative estimate of drug-likeness (QED) is 0.858. The Bertz CT molecular complexity index is 417. The van der Waals surface area contributed by atoms with Crippen molar-refractivity contribution in [1.82, 2.24) is 10.3 Å². The van der Waals surface area contributed by atoms with Crippen molar-refractivity contribution < 1.29 is 0 Å². The number of pyridine rings is 1. The highest BCUT2D eigenvalue weighted by molar-refractivity contribution is 5.42. The third kappa shape index (κ3) is 4.99. The van der Waals surface area contributed by atoms with E-state index in [9.17, 15) is 0 Å². The number of aromatic nitrogens is 1. The minimum atomic E-state index is 0.666. The molecule has 1 fully saturated rings. The Morgan fingerprint density at radius 1 is 1.33 bits per heavy atom. The average Bonchev–Trinajstić information content (AvgIpc) is 2.72. The number of anilines is 1. The molecule has 3 heteroatoms. The highest BCUT2D eigenvalue weighted by Crippen LogP contribution is 2.24. The zero-order valence-corrected chi connectivity index (χ0v) is 13.9. The molecule has 1 aliphatic heterocycles. The van der Waals surface area contributed by atoms with Crippen LogP contribution in [-0.2, 0) is 6.54 Å². The summed E-state index contributed by atoms with van der Waals surface area (Å²) in [5.41, 5.74) is 1.35. The van der Waals surface area contributed by atoms with E-state index in [1.807, 2.05) is 6.20 Å². The molecule has 0 bridgehead atoms. The normalized spacial score (nSPS) is 19.8. The summed E-state index contributed by atoms with van der Waals surface area (Å²) in [6, 6.07) is 5.08. The lowest BCUT2D eigenvalue weighted by molar-refractivity contribution is 0.547. The molecule has 0 amide bonds. The van der Waals surface area contributed by atoms with Gasteiger partial charge in [-0.05, 0) is 49.4 Å². The van der Waals surface area contributed by atoms with Gasteiger partial charge < -0.3 is 10.2 Å². The predicted molar refractivity (Wildman–Crippen MR) is 90.7 cm³/mol. The lowest BCUT2D eigenvalue weighted by Crippen LogP contribution is -2.35. The third-order valence-electron chi connectivity index (χ3n) is 4.33. The molecular formula is C18H31N3. The van der Waals surface area contributed by atoms with E-state index >= 15 is 0 Å². The van der Waals surface area contributed by atoms with Crippen molar-refractivity contribution in [3.8, 4) is 0 Å². The minimum absolute atomic E-state index is 0.666. The van der Waals surface area contributed by atoms with Crippen LogP contribution in [0.3, 0.4) is 0 Å². The molecule has 3 nitrogen and oxygen atoms in total. The standard InChI is InChI=1S/C18H31N3/c1-4-17-8-6-5-7-11-21(17)18-12-16(9-10-20-18)14-19-13-15(2)3/h9-10,12,15,17,19H,4-8,11,13-14H2,1-3H3. The maximum Gasteiger partial charge on any atom is 0.129 e. The summed E-state index contributed by atoms with van der Waals surface area (Å²) in [6.07, 6.45) is 8.53. The van der Waals surface area contributed by atoms with Gasteiger partial charge in [-0.15, -0.1) is 0 Å². The maximum absolute atomic E-state index is 4.64. The molecule has 2 rings (SSSR count). The maximum atomic E-state index is 4.64. The summed E-state index contributed by atoms with van der Waals surface area (Å²) in [7, 11) is 0. The van der Waals surface area contributed by atoms with Gasteiger partial charge in [0, 0.05) is 25.3 Å². The zero-order valence-electron chi connectivity index (χ0n) is 13.9. The van der Waals surface area contributed by atoms with Gasteiger partial charge in [0.2, 0.25) is 0 Å². The van der Waals surface area contributed by atoms with E-state index in [-0.39, 0.29) is 0 Å². The van der Waals surface area contributed by atoms with Gasteiger partial charge in [-0.1, -0.05) is 33.6 Å². The van der Waals surface area contributed by atoms with Crippen LogP contribution in [0, 0.1) is 5.92 Å². The van der Waals surface area contributed by atoms with E-state index in [1.54, 1.807) is 0 Å². The molecule has 1 saturated heterocycles. The lowest BCUT2D eigenvalue weighted by atomic mass is 10.1. The molecule has 1 atom stereocenters. The second kappa shape index (κ2) is 8.38. The Kier molecular flexibility index (Phi) is 6.50.